The third kappa shape index (κ3) is 3.89. The van der Waals surface area contributed by atoms with Crippen LogP contribution in [0, 0.1) is 6.92 Å². The second-order valence-electron chi connectivity index (χ2n) is 7.30. The molecule has 0 aliphatic heterocycles. The number of anilines is 1. The molecule has 1 amide bonds. The number of hydrogen-bond acceptors (Lipinski definition) is 5. The van der Waals surface area contributed by atoms with Crippen LogP contribution in [0.5, 0.6) is 0 Å². The summed E-state index contributed by atoms with van der Waals surface area (Å²) >= 11 is 0. The van der Waals surface area contributed by atoms with Crippen LogP contribution < -0.4 is 5.32 Å². The maximum Gasteiger partial charge on any atom is 0.259 e. The van der Waals surface area contributed by atoms with E-state index in [4.69, 9.17) is 5.10 Å². The number of aryl methyl sites for hydroxylation is 1. The van der Waals surface area contributed by atoms with Gasteiger partial charge in [0.15, 0.2) is 0 Å². The van der Waals surface area contributed by atoms with Crippen molar-refractivity contribution in [1.29, 1.82) is 0 Å². The molecule has 156 valence electrons. The van der Waals surface area contributed by atoms with Crippen LogP contribution in [0.15, 0.2) is 91.4 Å². The van der Waals surface area contributed by atoms with Gasteiger partial charge < -0.3 is 5.32 Å². The van der Waals surface area contributed by atoms with Crippen molar-refractivity contribution in [3.8, 4) is 22.6 Å². The third-order valence-corrected chi connectivity index (χ3v) is 5.02. The standard InChI is InChI=1S/C24H19N7O/c1-17-10-12-18(13-11-17)23-22(15-30(27-23)20-7-3-2-4-8-20)24(32)26-19-6-5-9-21(14-19)31-16-25-28-29-31/h2-16H,1H3,(H,26,32). The highest BCUT2D eigenvalue weighted by atomic mass is 16.1. The Morgan fingerprint density at radius 3 is 2.41 bits per heavy atom. The van der Waals surface area contributed by atoms with Gasteiger partial charge in [-0.05, 0) is 47.7 Å². The van der Waals surface area contributed by atoms with Gasteiger partial charge in [-0.15, -0.1) is 5.10 Å². The van der Waals surface area contributed by atoms with Crippen LogP contribution in [0.25, 0.3) is 22.6 Å². The van der Waals surface area contributed by atoms with Gasteiger partial charge in [0.05, 0.1) is 16.9 Å². The minimum Gasteiger partial charge on any atom is -0.322 e. The molecule has 5 aromatic rings. The van der Waals surface area contributed by atoms with Crippen LogP contribution >= 0.6 is 0 Å². The van der Waals surface area contributed by atoms with E-state index in [9.17, 15) is 4.79 Å². The predicted molar refractivity (Wildman–Crippen MR) is 121 cm³/mol. The molecule has 8 nitrogen and oxygen atoms in total. The van der Waals surface area contributed by atoms with Gasteiger partial charge in [-0.3, -0.25) is 4.79 Å². The summed E-state index contributed by atoms with van der Waals surface area (Å²) in [4.78, 5) is 13.3. The van der Waals surface area contributed by atoms with Crippen LogP contribution in [-0.2, 0) is 0 Å². The molecule has 2 aromatic heterocycles. The van der Waals surface area contributed by atoms with Gasteiger partial charge in [0.2, 0.25) is 0 Å². The van der Waals surface area contributed by atoms with E-state index in [0.29, 0.717) is 16.9 Å². The first-order valence-electron chi connectivity index (χ1n) is 10.0. The molecule has 0 atom stereocenters. The molecule has 2 heterocycles. The average Bonchev–Trinajstić information content (AvgIpc) is 3.51. The van der Waals surface area contributed by atoms with Crippen LogP contribution in [0.2, 0.25) is 0 Å². The Bertz CT molecular complexity index is 1360. The first kappa shape index (κ1) is 19.4. The van der Waals surface area contributed by atoms with Gasteiger partial charge in [0, 0.05) is 17.4 Å². The number of carbonyl (C=O) groups excluding carboxylic acids is 1. The van der Waals surface area contributed by atoms with Gasteiger partial charge in [0.1, 0.15) is 12.0 Å². The van der Waals surface area contributed by atoms with Crippen molar-refractivity contribution in [2.24, 2.45) is 0 Å². The van der Waals surface area contributed by atoms with Crippen molar-refractivity contribution in [3.63, 3.8) is 0 Å². The summed E-state index contributed by atoms with van der Waals surface area (Å²) in [6.07, 6.45) is 3.26. The monoisotopic (exact) mass is 421 g/mol. The van der Waals surface area contributed by atoms with Crippen molar-refractivity contribution in [3.05, 3.63) is 103 Å². The summed E-state index contributed by atoms with van der Waals surface area (Å²) in [7, 11) is 0. The lowest BCUT2D eigenvalue weighted by Gasteiger charge is -2.07. The zero-order valence-corrected chi connectivity index (χ0v) is 17.3. The highest BCUT2D eigenvalue weighted by Gasteiger charge is 2.19. The van der Waals surface area contributed by atoms with Crippen LogP contribution in [0.3, 0.4) is 0 Å². The van der Waals surface area contributed by atoms with E-state index in [2.05, 4.69) is 20.8 Å². The minimum absolute atomic E-state index is 0.253. The number of aromatic nitrogens is 6. The van der Waals surface area contributed by atoms with Gasteiger partial charge in [-0.25, -0.2) is 9.36 Å². The van der Waals surface area contributed by atoms with E-state index >= 15 is 0 Å². The summed E-state index contributed by atoms with van der Waals surface area (Å²) in [5.74, 6) is -0.253. The second kappa shape index (κ2) is 8.27. The van der Waals surface area contributed by atoms with Crippen molar-refractivity contribution in [2.75, 3.05) is 5.32 Å². The molecule has 0 saturated heterocycles. The Hall–Kier alpha value is -4.59. The zero-order valence-electron chi connectivity index (χ0n) is 17.3. The van der Waals surface area contributed by atoms with Crippen LogP contribution in [0.1, 0.15) is 15.9 Å². The Morgan fingerprint density at radius 2 is 1.66 bits per heavy atom. The Labute approximate surface area is 184 Å². The number of rotatable bonds is 5. The smallest absolute Gasteiger partial charge is 0.259 e. The number of para-hydroxylation sites is 1. The molecule has 0 unspecified atom stereocenters. The fourth-order valence-corrected chi connectivity index (χ4v) is 3.38. The first-order valence-corrected chi connectivity index (χ1v) is 10.0. The lowest BCUT2D eigenvalue weighted by atomic mass is 10.1. The first-order chi connectivity index (χ1) is 15.7. The van der Waals surface area contributed by atoms with Gasteiger partial charge >= 0.3 is 0 Å². The number of amides is 1. The quantitative estimate of drug-likeness (QED) is 0.462. The zero-order chi connectivity index (χ0) is 21.9. The molecule has 0 spiro atoms. The Balaban J connectivity index is 1.52. The minimum atomic E-state index is -0.253. The number of nitrogens with one attached hydrogen (secondary N) is 1. The van der Waals surface area contributed by atoms with Crippen molar-refractivity contribution in [2.45, 2.75) is 6.92 Å². The molecule has 3 aromatic carbocycles. The molecular weight excluding hydrogens is 402 g/mol. The maximum atomic E-state index is 13.3. The molecule has 5 rings (SSSR count). The molecule has 32 heavy (non-hydrogen) atoms. The summed E-state index contributed by atoms with van der Waals surface area (Å²) < 4.78 is 3.25. The fraction of sp³-hybridized carbons (Fsp3) is 0.0417. The molecule has 0 aliphatic rings. The molecule has 0 radical (unpaired) electrons. The number of carbonyl (C=O) groups is 1. The van der Waals surface area contributed by atoms with Crippen molar-refractivity contribution < 1.29 is 4.79 Å². The summed E-state index contributed by atoms with van der Waals surface area (Å²) in [5, 5.41) is 18.9. The van der Waals surface area contributed by atoms with Crippen LogP contribution in [0.4, 0.5) is 5.69 Å². The lowest BCUT2D eigenvalue weighted by molar-refractivity contribution is 0.102. The van der Waals surface area contributed by atoms with E-state index in [1.807, 2.05) is 79.7 Å². The largest absolute Gasteiger partial charge is 0.322 e. The number of nitrogens with zero attached hydrogens (tertiary/aromatic N) is 6. The van der Waals surface area contributed by atoms with Gasteiger partial charge in [-0.1, -0.05) is 54.1 Å². The van der Waals surface area contributed by atoms with E-state index in [-0.39, 0.29) is 5.91 Å². The van der Waals surface area contributed by atoms with E-state index in [0.717, 1.165) is 22.5 Å². The molecule has 0 fully saturated rings. The molecular formula is C24H19N7O. The molecule has 0 saturated carbocycles. The molecule has 1 N–H and O–H groups in total. The summed E-state index contributed by atoms with van der Waals surface area (Å²) in [5.41, 5.74) is 5.35. The summed E-state index contributed by atoms with van der Waals surface area (Å²) in [6.45, 7) is 2.03. The van der Waals surface area contributed by atoms with Gasteiger partial charge in [0.25, 0.3) is 5.91 Å². The molecule has 8 heteroatoms. The normalized spacial score (nSPS) is 10.8. The second-order valence-corrected chi connectivity index (χ2v) is 7.30. The predicted octanol–water partition coefficient (Wildman–Crippen LogP) is 4.08. The average molecular weight is 421 g/mol. The Kier molecular flexibility index (Phi) is 5.01. The topological polar surface area (TPSA) is 90.5 Å². The van der Waals surface area contributed by atoms with Crippen molar-refractivity contribution >= 4 is 11.6 Å². The van der Waals surface area contributed by atoms with E-state index < -0.39 is 0 Å². The maximum absolute atomic E-state index is 13.3. The SMILES string of the molecule is Cc1ccc(-c2nn(-c3ccccc3)cc2C(=O)Nc2cccc(-n3cnnn3)c2)cc1. The fourth-order valence-electron chi connectivity index (χ4n) is 3.38. The Morgan fingerprint density at radius 1 is 0.875 bits per heavy atom. The van der Waals surface area contributed by atoms with E-state index in [1.165, 1.54) is 11.0 Å². The number of benzene rings is 3. The van der Waals surface area contributed by atoms with Crippen molar-refractivity contribution in [1.82, 2.24) is 30.0 Å². The highest BCUT2D eigenvalue weighted by molar-refractivity contribution is 6.08. The summed E-state index contributed by atoms with van der Waals surface area (Å²) in [6, 6.07) is 25.0. The van der Waals surface area contributed by atoms with E-state index in [1.54, 1.807) is 16.9 Å². The number of hydrogen-bond donors (Lipinski definition) is 1. The van der Waals surface area contributed by atoms with Gasteiger partial charge in [-0.2, -0.15) is 5.10 Å². The number of tetrazole rings is 1. The molecule has 0 aliphatic carbocycles. The highest BCUT2D eigenvalue weighted by Crippen LogP contribution is 2.25. The lowest BCUT2D eigenvalue weighted by Crippen LogP contribution is -2.12. The van der Waals surface area contributed by atoms with Crippen LogP contribution in [-0.4, -0.2) is 35.9 Å². The molecule has 0 bridgehead atoms. The third-order valence-electron chi connectivity index (χ3n) is 5.02.